The predicted molar refractivity (Wildman–Crippen MR) is 134 cm³/mol. The number of rotatable bonds is 9. The first-order valence-electron chi connectivity index (χ1n) is 10.4. The lowest BCUT2D eigenvalue weighted by molar-refractivity contribution is 0.0963. The van der Waals surface area contributed by atoms with Crippen LogP contribution in [0.5, 0.6) is 0 Å². The van der Waals surface area contributed by atoms with E-state index in [0.29, 0.717) is 12.1 Å². The van der Waals surface area contributed by atoms with Gasteiger partial charge in [0.05, 0.1) is 12.2 Å². The molecule has 3 N–H and O–H groups in total. The molecule has 2 aromatic rings. The van der Waals surface area contributed by atoms with Crippen molar-refractivity contribution in [2.24, 2.45) is 12.0 Å². The second-order valence-electron chi connectivity index (χ2n) is 6.85. The molecule has 30 heavy (non-hydrogen) atoms. The smallest absolute Gasteiger partial charge is 0.251 e. The maximum Gasteiger partial charge on any atom is 0.251 e. The predicted octanol–water partition coefficient (Wildman–Crippen LogP) is 2.82. The average Bonchev–Trinajstić information content (AvgIpc) is 3.05. The molecule has 0 saturated heterocycles. The molecule has 0 atom stereocenters. The second kappa shape index (κ2) is 13.3. The van der Waals surface area contributed by atoms with Gasteiger partial charge in [-0.1, -0.05) is 26.0 Å². The molecule has 0 saturated carbocycles. The summed E-state index contributed by atoms with van der Waals surface area (Å²) in [6.45, 7) is 8.49. The number of amides is 1. The van der Waals surface area contributed by atoms with E-state index in [0.717, 1.165) is 49.6 Å². The number of aryl methyl sites for hydroxylation is 2. The molecular weight excluding hydrogens is 491 g/mol. The summed E-state index contributed by atoms with van der Waals surface area (Å²) in [5.74, 6) is 0.729. The van der Waals surface area contributed by atoms with E-state index in [2.05, 4.69) is 41.8 Å². The number of halogens is 1. The zero-order valence-corrected chi connectivity index (χ0v) is 21.0. The summed E-state index contributed by atoms with van der Waals surface area (Å²) in [5, 5.41) is 14.0. The first kappa shape index (κ1) is 25.9. The number of hydrogen-bond donors (Lipinski definition) is 3. The summed E-state index contributed by atoms with van der Waals surface area (Å²) in [6, 6.07) is 7.71. The van der Waals surface area contributed by atoms with Gasteiger partial charge in [0.2, 0.25) is 0 Å². The molecule has 0 fully saturated rings. The van der Waals surface area contributed by atoms with Crippen molar-refractivity contribution in [3.63, 3.8) is 0 Å². The monoisotopic (exact) mass is 526 g/mol. The highest BCUT2D eigenvalue weighted by atomic mass is 127. The van der Waals surface area contributed by atoms with Gasteiger partial charge in [0.15, 0.2) is 5.96 Å². The molecule has 2 rings (SSSR count). The van der Waals surface area contributed by atoms with Gasteiger partial charge in [0, 0.05) is 44.0 Å². The van der Waals surface area contributed by atoms with E-state index in [4.69, 9.17) is 4.99 Å². The van der Waals surface area contributed by atoms with Crippen LogP contribution < -0.4 is 16.0 Å². The van der Waals surface area contributed by atoms with E-state index in [-0.39, 0.29) is 29.9 Å². The summed E-state index contributed by atoms with van der Waals surface area (Å²) in [6.07, 6.45) is 2.66. The number of aromatic nitrogens is 2. The quantitative estimate of drug-likeness (QED) is 0.267. The summed E-state index contributed by atoms with van der Waals surface area (Å²) >= 11 is 0. The van der Waals surface area contributed by atoms with Crippen LogP contribution in [0.1, 0.15) is 53.6 Å². The highest BCUT2D eigenvalue weighted by Crippen LogP contribution is 2.16. The Morgan fingerprint density at radius 2 is 1.93 bits per heavy atom. The number of benzene rings is 1. The topological polar surface area (TPSA) is 83.3 Å². The fourth-order valence-electron chi connectivity index (χ4n) is 3.41. The summed E-state index contributed by atoms with van der Waals surface area (Å²) in [5.41, 5.74) is 5.39. The van der Waals surface area contributed by atoms with Crippen molar-refractivity contribution in [1.82, 2.24) is 25.7 Å². The van der Waals surface area contributed by atoms with Crippen molar-refractivity contribution < 1.29 is 4.79 Å². The zero-order valence-electron chi connectivity index (χ0n) is 18.7. The SMILES string of the molecule is CCNC(=NCc1c(CC)nn(C)c1CC)NCCc1cccc(C(=O)NC)c1.I. The van der Waals surface area contributed by atoms with E-state index in [1.807, 2.05) is 36.0 Å². The third kappa shape index (κ3) is 7.00. The van der Waals surface area contributed by atoms with Crippen LogP contribution in [-0.2, 0) is 32.9 Å². The normalized spacial score (nSPS) is 11.0. The molecule has 0 aliphatic rings. The van der Waals surface area contributed by atoms with Crippen molar-refractivity contribution in [3.8, 4) is 0 Å². The maximum absolute atomic E-state index is 11.8. The Hall–Kier alpha value is -2.10. The number of carbonyl (C=O) groups is 1. The zero-order chi connectivity index (χ0) is 21.2. The number of nitrogens with zero attached hydrogens (tertiary/aromatic N) is 3. The highest BCUT2D eigenvalue weighted by Gasteiger charge is 2.13. The van der Waals surface area contributed by atoms with Gasteiger partial charge in [0.1, 0.15) is 0 Å². The van der Waals surface area contributed by atoms with E-state index >= 15 is 0 Å². The molecule has 0 bridgehead atoms. The van der Waals surface area contributed by atoms with Gasteiger partial charge < -0.3 is 16.0 Å². The molecule has 1 amide bonds. The Labute approximate surface area is 197 Å². The highest BCUT2D eigenvalue weighted by molar-refractivity contribution is 14.0. The summed E-state index contributed by atoms with van der Waals surface area (Å²) < 4.78 is 1.98. The van der Waals surface area contributed by atoms with Crippen LogP contribution in [-0.4, -0.2) is 41.8 Å². The Morgan fingerprint density at radius 1 is 1.17 bits per heavy atom. The third-order valence-corrected chi connectivity index (χ3v) is 4.89. The van der Waals surface area contributed by atoms with Gasteiger partial charge in [-0.25, -0.2) is 4.99 Å². The van der Waals surface area contributed by atoms with Crippen LogP contribution in [0.4, 0.5) is 0 Å². The number of hydrogen-bond acceptors (Lipinski definition) is 3. The van der Waals surface area contributed by atoms with Gasteiger partial charge >= 0.3 is 0 Å². The Morgan fingerprint density at radius 3 is 2.57 bits per heavy atom. The van der Waals surface area contributed by atoms with Crippen LogP contribution in [0.3, 0.4) is 0 Å². The Kier molecular flexibility index (Phi) is 11.5. The van der Waals surface area contributed by atoms with E-state index in [1.54, 1.807) is 7.05 Å². The molecule has 7 nitrogen and oxygen atoms in total. The van der Waals surface area contributed by atoms with Gasteiger partial charge in [-0.3, -0.25) is 9.48 Å². The molecule has 166 valence electrons. The number of nitrogens with one attached hydrogen (secondary N) is 3. The number of aliphatic imine (C=N–C) groups is 1. The molecule has 1 aromatic heterocycles. The Balaban J connectivity index is 0.00000450. The van der Waals surface area contributed by atoms with Crippen molar-refractivity contribution in [1.29, 1.82) is 0 Å². The minimum atomic E-state index is -0.0652. The maximum atomic E-state index is 11.8. The number of carbonyl (C=O) groups excluding carboxylic acids is 1. The molecule has 0 unspecified atom stereocenters. The van der Waals surface area contributed by atoms with Crippen molar-refractivity contribution in [3.05, 3.63) is 52.3 Å². The lowest BCUT2D eigenvalue weighted by Gasteiger charge is -2.12. The molecule has 0 aliphatic carbocycles. The molecule has 1 aromatic carbocycles. The summed E-state index contributed by atoms with van der Waals surface area (Å²) in [7, 11) is 3.65. The van der Waals surface area contributed by atoms with E-state index in [9.17, 15) is 4.79 Å². The van der Waals surface area contributed by atoms with Crippen LogP contribution in [0.2, 0.25) is 0 Å². The first-order valence-corrected chi connectivity index (χ1v) is 10.4. The largest absolute Gasteiger partial charge is 0.357 e. The van der Waals surface area contributed by atoms with Crippen LogP contribution in [0.25, 0.3) is 0 Å². The third-order valence-electron chi connectivity index (χ3n) is 4.89. The molecule has 8 heteroatoms. The fraction of sp³-hybridized carbons (Fsp3) is 0.500. The summed E-state index contributed by atoms with van der Waals surface area (Å²) in [4.78, 5) is 16.6. The van der Waals surface area contributed by atoms with E-state index in [1.165, 1.54) is 11.3 Å². The van der Waals surface area contributed by atoms with Crippen LogP contribution in [0, 0.1) is 0 Å². The van der Waals surface area contributed by atoms with Gasteiger partial charge in [0.25, 0.3) is 5.91 Å². The van der Waals surface area contributed by atoms with Gasteiger partial charge in [-0.15, -0.1) is 24.0 Å². The minimum absolute atomic E-state index is 0. The Bertz CT molecular complexity index is 846. The fourth-order valence-corrected chi connectivity index (χ4v) is 3.41. The molecule has 0 spiro atoms. The van der Waals surface area contributed by atoms with Crippen molar-refractivity contribution in [2.75, 3.05) is 20.1 Å². The van der Waals surface area contributed by atoms with Crippen molar-refractivity contribution >= 4 is 35.8 Å². The van der Waals surface area contributed by atoms with Gasteiger partial charge in [-0.2, -0.15) is 5.10 Å². The molecule has 0 aliphatic heterocycles. The molecule has 1 heterocycles. The van der Waals surface area contributed by atoms with Gasteiger partial charge in [-0.05, 0) is 43.9 Å². The molecule has 0 radical (unpaired) electrons. The standard InChI is InChI=1S/C22H34N6O.HI/c1-6-19-18(20(7-2)28(5)27-19)15-26-22(24-8-3)25-13-12-16-10-9-11-17(14-16)21(29)23-4;/h9-11,14H,6-8,12-13,15H2,1-5H3,(H,23,29)(H2,24,25,26);1H. The van der Waals surface area contributed by atoms with Crippen LogP contribution in [0.15, 0.2) is 29.3 Å². The lowest BCUT2D eigenvalue weighted by Crippen LogP contribution is -2.38. The first-order chi connectivity index (χ1) is 14.0. The molecular formula is C22H35IN6O. The van der Waals surface area contributed by atoms with E-state index < -0.39 is 0 Å². The number of guanidine groups is 1. The van der Waals surface area contributed by atoms with Crippen LogP contribution >= 0.6 is 24.0 Å². The second-order valence-corrected chi connectivity index (χ2v) is 6.85. The average molecular weight is 526 g/mol. The minimum Gasteiger partial charge on any atom is -0.357 e. The lowest BCUT2D eigenvalue weighted by atomic mass is 10.1. The van der Waals surface area contributed by atoms with Crippen molar-refractivity contribution in [2.45, 2.75) is 46.6 Å².